The monoisotopic (exact) mass is 320 g/mol. The fourth-order valence-corrected chi connectivity index (χ4v) is 2.31. The average molecular weight is 320 g/mol. The molecule has 2 amide bonds. The van der Waals surface area contributed by atoms with Crippen molar-refractivity contribution >= 4 is 17.4 Å². The zero-order chi connectivity index (χ0) is 16.7. The van der Waals surface area contributed by atoms with Gasteiger partial charge in [-0.25, -0.2) is 4.39 Å². The number of allylic oxidation sites excluding steroid dienone is 1. The van der Waals surface area contributed by atoms with Crippen LogP contribution in [0.1, 0.15) is 18.9 Å². The normalized spacial score (nSPS) is 15.4. The van der Waals surface area contributed by atoms with Gasteiger partial charge in [-0.2, -0.15) is 0 Å². The highest BCUT2D eigenvalue weighted by Crippen LogP contribution is 2.13. The Labute approximate surface area is 135 Å². The molecule has 5 nitrogen and oxygen atoms in total. The van der Waals surface area contributed by atoms with Gasteiger partial charge in [0.05, 0.1) is 13.2 Å². The molecule has 6 heteroatoms. The quantitative estimate of drug-likeness (QED) is 0.838. The highest BCUT2D eigenvalue weighted by Gasteiger charge is 2.16. The number of hydrogen-bond acceptors (Lipinski definition) is 3. The van der Waals surface area contributed by atoms with Crippen molar-refractivity contribution < 1.29 is 18.7 Å². The van der Waals surface area contributed by atoms with Gasteiger partial charge in [-0.05, 0) is 30.2 Å². The van der Waals surface area contributed by atoms with E-state index in [9.17, 15) is 14.0 Å². The van der Waals surface area contributed by atoms with Crippen molar-refractivity contribution in [1.82, 2.24) is 10.2 Å². The molecule has 124 valence electrons. The average Bonchev–Trinajstić information content (AvgIpc) is 2.56. The molecule has 0 atom stereocenters. The van der Waals surface area contributed by atoms with E-state index in [4.69, 9.17) is 4.74 Å². The Hall–Kier alpha value is -2.21. The summed E-state index contributed by atoms with van der Waals surface area (Å²) in [5.41, 5.74) is 1.52. The summed E-state index contributed by atoms with van der Waals surface area (Å²) >= 11 is 0. The number of rotatable bonds is 5. The molecule has 1 aromatic rings. The maximum absolute atomic E-state index is 12.9. The number of benzene rings is 1. The van der Waals surface area contributed by atoms with Crippen LogP contribution in [0, 0.1) is 5.82 Å². The van der Waals surface area contributed by atoms with Crippen molar-refractivity contribution in [3.63, 3.8) is 0 Å². The fourth-order valence-electron chi connectivity index (χ4n) is 2.31. The number of ether oxygens (including phenoxy) is 1. The highest BCUT2D eigenvalue weighted by molar-refractivity contribution is 5.95. The largest absolute Gasteiger partial charge is 0.378 e. The molecule has 1 fully saturated rings. The lowest BCUT2D eigenvalue weighted by Crippen LogP contribution is -2.41. The zero-order valence-corrected chi connectivity index (χ0v) is 13.2. The predicted octanol–water partition coefficient (Wildman–Crippen LogP) is 1.59. The third-order valence-corrected chi connectivity index (χ3v) is 3.65. The zero-order valence-electron chi connectivity index (χ0n) is 13.2. The van der Waals surface area contributed by atoms with E-state index in [1.165, 1.54) is 18.2 Å². The van der Waals surface area contributed by atoms with Crippen LogP contribution in [0.4, 0.5) is 4.39 Å². The van der Waals surface area contributed by atoms with E-state index in [1.807, 2.05) is 0 Å². The van der Waals surface area contributed by atoms with Gasteiger partial charge in [0, 0.05) is 32.1 Å². The number of carbonyl (C=O) groups excluding carboxylic acids is 2. The molecule has 0 bridgehead atoms. The molecule has 0 aliphatic carbocycles. The molecule has 1 N–H and O–H groups in total. The van der Waals surface area contributed by atoms with Crippen LogP contribution in [-0.4, -0.2) is 49.6 Å². The van der Waals surface area contributed by atoms with Gasteiger partial charge >= 0.3 is 0 Å². The lowest BCUT2D eigenvalue weighted by atomic mass is 10.1. The van der Waals surface area contributed by atoms with E-state index in [2.05, 4.69) is 5.32 Å². The molecule has 0 aromatic heterocycles. The highest BCUT2D eigenvalue weighted by atomic mass is 19.1. The van der Waals surface area contributed by atoms with Crippen LogP contribution in [0.25, 0.3) is 5.57 Å². The van der Waals surface area contributed by atoms with Crippen molar-refractivity contribution in [2.45, 2.75) is 13.3 Å². The number of carbonyl (C=O) groups is 2. The minimum absolute atomic E-state index is 0.0211. The van der Waals surface area contributed by atoms with Crippen LogP contribution in [-0.2, 0) is 14.3 Å². The molecule has 2 rings (SSSR count). The minimum atomic E-state index is -0.312. The first-order chi connectivity index (χ1) is 11.1. The number of nitrogens with zero attached hydrogens (tertiary/aromatic N) is 1. The first kappa shape index (κ1) is 17.1. The fraction of sp³-hybridized carbons (Fsp3) is 0.412. The summed E-state index contributed by atoms with van der Waals surface area (Å²) < 4.78 is 18.1. The van der Waals surface area contributed by atoms with Crippen LogP contribution in [0.2, 0.25) is 0 Å². The van der Waals surface area contributed by atoms with Gasteiger partial charge in [-0.1, -0.05) is 12.1 Å². The number of amides is 2. The molecule has 1 heterocycles. The van der Waals surface area contributed by atoms with Crippen molar-refractivity contribution in [1.29, 1.82) is 0 Å². The van der Waals surface area contributed by atoms with E-state index in [0.29, 0.717) is 32.8 Å². The Morgan fingerprint density at radius 2 is 1.91 bits per heavy atom. The van der Waals surface area contributed by atoms with Crippen LogP contribution in [0.5, 0.6) is 0 Å². The summed E-state index contributed by atoms with van der Waals surface area (Å²) in [7, 11) is 0. The maximum atomic E-state index is 12.9. The van der Waals surface area contributed by atoms with E-state index >= 15 is 0 Å². The summed E-state index contributed by atoms with van der Waals surface area (Å²) in [5, 5.41) is 2.70. The Morgan fingerprint density at radius 1 is 1.26 bits per heavy atom. The number of halogens is 1. The van der Waals surface area contributed by atoms with Crippen molar-refractivity contribution in [2.24, 2.45) is 0 Å². The first-order valence-corrected chi connectivity index (χ1v) is 7.64. The molecule has 0 saturated carbocycles. The molecule has 1 aromatic carbocycles. The Bertz CT molecular complexity index is 578. The summed E-state index contributed by atoms with van der Waals surface area (Å²) in [6, 6.07) is 5.95. The summed E-state index contributed by atoms with van der Waals surface area (Å²) in [4.78, 5) is 25.5. The van der Waals surface area contributed by atoms with E-state index in [-0.39, 0.29) is 24.1 Å². The van der Waals surface area contributed by atoms with Gasteiger partial charge in [-0.3, -0.25) is 9.59 Å². The Morgan fingerprint density at radius 3 is 2.57 bits per heavy atom. The lowest BCUT2D eigenvalue weighted by molar-refractivity contribution is -0.135. The van der Waals surface area contributed by atoms with Gasteiger partial charge in [-0.15, -0.1) is 0 Å². The standard InChI is InChI=1S/C17H21FN2O3/c1-13(14-2-4-15(18)5-3-14)12-16(21)19-7-6-17(22)20-8-10-23-11-9-20/h2-5,12H,6-11H2,1H3,(H,19,21)/b13-12+. The molecule has 0 unspecified atom stereocenters. The molecule has 23 heavy (non-hydrogen) atoms. The molecular weight excluding hydrogens is 299 g/mol. The second-order valence-corrected chi connectivity index (χ2v) is 5.37. The SMILES string of the molecule is C/C(=C\C(=O)NCCC(=O)N1CCOCC1)c1ccc(F)cc1. The Balaban J connectivity index is 1.76. The predicted molar refractivity (Wildman–Crippen MR) is 85.1 cm³/mol. The third kappa shape index (κ3) is 5.49. The second kappa shape index (κ2) is 8.43. The number of hydrogen-bond donors (Lipinski definition) is 1. The van der Waals surface area contributed by atoms with Gasteiger partial charge < -0.3 is 15.0 Å². The van der Waals surface area contributed by atoms with Crippen LogP contribution >= 0.6 is 0 Å². The van der Waals surface area contributed by atoms with Gasteiger partial charge in [0.2, 0.25) is 11.8 Å². The molecule has 1 saturated heterocycles. The van der Waals surface area contributed by atoms with Crippen molar-refractivity contribution in [3.8, 4) is 0 Å². The summed E-state index contributed by atoms with van der Waals surface area (Å²) in [6.45, 7) is 4.43. The van der Waals surface area contributed by atoms with Crippen molar-refractivity contribution in [2.75, 3.05) is 32.8 Å². The molecule has 1 aliphatic rings. The molecular formula is C17H21FN2O3. The van der Waals surface area contributed by atoms with E-state index in [1.54, 1.807) is 24.0 Å². The molecule has 1 aliphatic heterocycles. The topological polar surface area (TPSA) is 58.6 Å². The van der Waals surface area contributed by atoms with Gasteiger partial charge in [0.15, 0.2) is 0 Å². The lowest BCUT2D eigenvalue weighted by Gasteiger charge is -2.26. The van der Waals surface area contributed by atoms with Gasteiger partial charge in [0.1, 0.15) is 5.82 Å². The molecule has 0 spiro atoms. The van der Waals surface area contributed by atoms with Crippen LogP contribution in [0.15, 0.2) is 30.3 Å². The Kier molecular flexibility index (Phi) is 6.29. The van der Waals surface area contributed by atoms with Crippen LogP contribution < -0.4 is 5.32 Å². The number of morpholine rings is 1. The second-order valence-electron chi connectivity index (χ2n) is 5.37. The summed E-state index contributed by atoms with van der Waals surface area (Å²) in [5.74, 6) is -0.554. The van der Waals surface area contributed by atoms with E-state index < -0.39 is 0 Å². The summed E-state index contributed by atoms with van der Waals surface area (Å²) in [6.07, 6.45) is 1.72. The third-order valence-electron chi connectivity index (χ3n) is 3.65. The van der Waals surface area contributed by atoms with Gasteiger partial charge in [0.25, 0.3) is 0 Å². The van der Waals surface area contributed by atoms with E-state index in [0.717, 1.165) is 11.1 Å². The smallest absolute Gasteiger partial charge is 0.244 e. The number of nitrogens with one attached hydrogen (secondary N) is 1. The first-order valence-electron chi connectivity index (χ1n) is 7.64. The molecule has 0 radical (unpaired) electrons. The van der Waals surface area contributed by atoms with Crippen LogP contribution in [0.3, 0.4) is 0 Å². The van der Waals surface area contributed by atoms with Crippen molar-refractivity contribution in [3.05, 3.63) is 41.7 Å². The minimum Gasteiger partial charge on any atom is -0.378 e. The maximum Gasteiger partial charge on any atom is 0.244 e.